The van der Waals surface area contributed by atoms with Crippen molar-refractivity contribution in [3.8, 4) is 0 Å². The minimum absolute atomic E-state index is 0.0415. The summed E-state index contributed by atoms with van der Waals surface area (Å²) in [6.07, 6.45) is 2.24. The molecule has 1 N–H and O–H groups in total. The maximum Gasteiger partial charge on any atom is 0.312 e. The van der Waals surface area contributed by atoms with Crippen molar-refractivity contribution in [2.24, 2.45) is 0 Å². The van der Waals surface area contributed by atoms with Crippen molar-refractivity contribution in [3.63, 3.8) is 0 Å². The smallest absolute Gasteiger partial charge is 0.312 e. The van der Waals surface area contributed by atoms with Crippen LogP contribution in [0.25, 0.3) is 0 Å². The monoisotopic (exact) mass is 330 g/mol. The van der Waals surface area contributed by atoms with Gasteiger partial charge >= 0.3 is 5.69 Å². The average Bonchev–Trinajstić information content (AvgIpc) is 2.38. The molecule has 0 aliphatic carbocycles. The molecular formula is C11H15BrN4O3. The first-order valence-electron chi connectivity index (χ1n) is 5.75. The molecule has 0 unspecified atom stereocenters. The zero-order valence-corrected chi connectivity index (χ0v) is 12.3. The van der Waals surface area contributed by atoms with Crippen molar-refractivity contribution < 1.29 is 9.72 Å². The number of hydrogen-bond acceptors (Lipinski definition) is 5. The highest BCUT2D eigenvalue weighted by molar-refractivity contribution is 9.10. The van der Waals surface area contributed by atoms with E-state index >= 15 is 0 Å². The summed E-state index contributed by atoms with van der Waals surface area (Å²) in [6.45, 7) is 2.49. The normalized spacial score (nSPS) is 10.1. The first-order chi connectivity index (χ1) is 8.99. The van der Waals surface area contributed by atoms with E-state index in [0.717, 1.165) is 6.42 Å². The summed E-state index contributed by atoms with van der Waals surface area (Å²) in [4.78, 5) is 27.7. The van der Waals surface area contributed by atoms with Gasteiger partial charge in [-0.05, 0) is 22.4 Å². The molecule has 7 nitrogen and oxygen atoms in total. The number of nitrogens with zero attached hydrogens (tertiary/aromatic N) is 3. The average molecular weight is 331 g/mol. The number of halogens is 1. The third-order valence-electron chi connectivity index (χ3n) is 2.42. The number of anilines is 1. The molecule has 0 bridgehead atoms. The van der Waals surface area contributed by atoms with E-state index < -0.39 is 4.92 Å². The molecule has 0 aliphatic heterocycles. The molecule has 1 aromatic heterocycles. The van der Waals surface area contributed by atoms with Crippen molar-refractivity contribution in [1.82, 2.24) is 10.3 Å². The Kier molecular flexibility index (Phi) is 5.68. The molecule has 19 heavy (non-hydrogen) atoms. The molecular weight excluding hydrogens is 316 g/mol. The van der Waals surface area contributed by atoms with E-state index in [1.807, 2.05) is 6.92 Å². The summed E-state index contributed by atoms with van der Waals surface area (Å²) >= 11 is 3.15. The van der Waals surface area contributed by atoms with Crippen LogP contribution in [0.3, 0.4) is 0 Å². The summed E-state index contributed by atoms with van der Waals surface area (Å²) in [5, 5.41) is 13.6. The third-order valence-corrected chi connectivity index (χ3v) is 2.85. The number of likely N-dealkylation sites (N-methyl/N-ethyl adjacent to an activating group) is 1. The lowest BCUT2D eigenvalue weighted by Crippen LogP contribution is -2.37. The molecule has 1 heterocycles. The van der Waals surface area contributed by atoms with Crippen LogP contribution in [0.4, 0.5) is 11.5 Å². The Hall–Kier alpha value is -1.70. The molecule has 0 aromatic carbocycles. The van der Waals surface area contributed by atoms with Gasteiger partial charge in [0.15, 0.2) is 0 Å². The van der Waals surface area contributed by atoms with Crippen LogP contribution in [-0.2, 0) is 4.79 Å². The van der Waals surface area contributed by atoms with Crippen LogP contribution in [0.5, 0.6) is 0 Å². The van der Waals surface area contributed by atoms with Gasteiger partial charge in [0.1, 0.15) is 0 Å². The fraction of sp³-hybridized carbons (Fsp3) is 0.455. The minimum Gasteiger partial charge on any atom is -0.358 e. The highest BCUT2D eigenvalue weighted by Crippen LogP contribution is 2.28. The molecule has 8 heteroatoms. The zero-order chi connectivity index (χ0) is 14.4. The first-order valence-corrected chi connectivity index (χ1v) is 6.54. The van der Waals surface area contributed by atoms with E-state index in [9.17, 15) is 14.9 Å². The van der Waals surface area contributed by atoms with Gasteiger partial charge in [-0.2, -0.15) is 0 Å². The van der Waals surface area contributed by atoms with Crippen LogP contribution in [0.1, 0.15) is 13.3 Å². The number of hydrogen-bond donors (Lipinski definition) is 1. The lowest BCUT2D eigenvalue weighted by Gasteiger charge is -2.21. The molecule has 0 aliphatic rings. The number of nitrogens with one attached hydrogen (secondary N) is 1. The van der Waals surface area contributed by atoms with Crippen LogP contribution in [0.2, 0.25) is 0 Å². The molecule has 0 radical (unpaired) electrons. The summed E-state index contributed by atoms with van der Waals surface area (Å²) in [5.74, 6) is -0.00823. The Balaban J connectivity index is 3.14. The van der Waals surface area contributed by atoms with E-state index in [1.165, 1.54) is 19.3 Å². The third kappa shape index (κ3) is 4.16. The molecule has 0 fully saturated rings. The molecule has 0 atom stereocenters. The Morgan fingerprint density at radius 3 is 2.84 bits per heavy atom. The van der Waals surface area contributed by atoms with Crippen LogP contribution < -0.4 is 10.2 Å². The van der Waals surface area contributed by atoms with E-state index in [4.69, 9.17) is 0 Å². The number of amides is 1. The molecule has 1 rings (SSSR count). The van der Waals surface area contributed by atoms with E-state index in [-0.39, 0.29) is 24.0 Å². The van der Waals surface area contributed by atoms with Gasteiger partial charge in [-0.1, -0.05) is 6.92 Å². The molecule has 1 aromatic rings. The molecule has 0 saturated carbocycles. The van der Waals surface area contributed by atoms with Gasteiger partial charge in [-0.3, -0.25) is 14.9 Å². The van der Waals surface area contributed by atoms with E-state index in [0.29, 0.717) is 11.0 Å². The topological polar surface area (TPSA) is 88.4 Å². The van der Waals surface area contributed by atoms with Crippen molar-refractivity contribution in [1.29, 1.82) is 0 Å². The minimum atomic E-state index is -0.500. The van der Waals surface area contributed by atoms with Gasteiger partial charge in [0.05, 0.1) is 11.5 Å². The van der Waals surface area contributed by atoms with Crippen LogP contribution in [-0.4, -0.2) is 36.0 Å². The number of rotatable bonds is 6. The number of carbonyl (C=O) groups is 1. The van der Waals surface area contributed by atoms with Crippen LogP contribution in [0.15, 0.2) is 16.7 Å². The summed E-state index contributed by atoms with van der Waals surface area (Å²) in [7, 11) is 1.52. The maximum atomic E-state index is 11.5. The van der Waals surface area contributed by atoms with Crippen molar-refractivity contribution in [2.75, 3.05) is 25.0 Å². The Morgan fingerprint density at radius 2 is 2.32 bits per heavy atom. The molecule has 104 valence electrons. The Bertz CT molecular complexity index is 481. The standard InChI is InChI=1S/C11H15BrN4O3/c1-3-4-15(7-10(17)13-2)11-9(16(18)19)5-8(12)6-14-11/h5-6H,3-4,7H2,1-2H3,(H,13,17). The highest BCUT2D eigenvalue weighted by atomic mass is 79.9. The maximum absolute atomic E-state index is 11.5. The van der Waals surface area contributed by atoms with Gasteiger partial charge in [-0.25, -0.2) is 4.98 Å². The van der Waals surface area contributed by atoms with Crippen molar-refractivity contribution in [2.45, 2.75) is 13.3 Å². The number of nitro groups is 1. The second kappa shape index (κ2) is 7.03. The summed E-state index contributed by atoms with van der Waals surface area (Å²) in [5.41, 5.74) is -0.119. The van der Waals surface area contributed by atoms with Crippen LogP contribution in [0, 0.1) is 10.1 Å². The predicted octanol–water partition coefficient (Wildman–Crippen LogP) is 1.71. The fourth-order valence-corrected chi connectivity index (χ4v) is 1.90. The van der Waals surface area contributed by atoms with E-state index in [1.54, 1.807) is 4.90 Å². The Morgan fingerprint density at radius 1 is 1.63 bits per heavy atom. The quantitative estimate of drug-likeness (QED) is 0.633. The number of aromatic nitrogens is 1. The first kappa shape index (κ1) is 15.4. The second-order valence-electron chi connectivity index (χ2n) is 3.85. The Labute approximate surface area is 119 Å². The summed E-state index contributed by atoms with van der Waals surface area (Å²) < 4.78 is 0.527. The van der Waals surface area contributed by atoms with Crippen molar-refractivity contribution >= 4 is 33.3 Å². The largest absolute Gasteiger partial charge is 0.358 e. The molecule has 1 amide bonds. The van der Waals surface area contributed by atoms with E-state index in [2.05, 4.69) is 26.2 Å². The SMILES string of the molecule is CCCN(CC(=O)NC)c1ncc(Br)cc1[N+](=O)[O-]. The fourth-order valence-electron chi connectivity index (χ4n) is 1.58. The van der Waals surface area contributed by atoms with Crippen LogP contribution >= 0.6 is 15.9 Å². The molecule has 0 saturated heterocycles. The van der Waals surface area contributed by atoms with Gasteiger partial charge in [-0.15, -0.1) is 0 Å². The van der Waals surface area contributed by atoms with Gasteiger partial charge in [0.2, 0.25) is 11.7 Å². The van der Waals surface area contributed by atoms with Gasteiger partial charge in [0, 0.05) is 30.3 Å². The lowest BCUT2D eigenvalue weighted by atomic mass is 10.3. The summed E-state index contributed by atoms with van der Waals surface area (Å²) in [6, 6.07) is 1.38. The number of pyridine rings is 1. The number of carbonyl (C=O) groups excluding carboxylic acids is 1. The zero-order valence-electron chi connectivity index (χ0n) is 10.7. The lowest BCUT2D eigenvalue weighted by molar-refractivity contribution is -0.384. The van der Waals surface area contributed by atoms with Crippen molar-refractivity contribution in [3.05, 3.63) is 26.9 Å². The van der Waals surface area contributed by atoms with Gasteiger partial charge < -0.3 is 10.2 Å². The highest BCUT2D eigenvalue weighted by Gasteiger charge is 2.22. The van der Waals surface area contributed by atoms with Gasteiger partial charge in [0.25, 0.3) is 0 Å². The predicted molar refractivity (Wildman–Crippen MR) is 75.2 cm³/mol. The second-order valence-corrected chi connectivity index (χ2v) is 4.76. The molecule has 0 spiro atoms.